The zero-order chi connectivity index (χ0) is 13.5. The minimum Gasteiger partial charge on any atom is -0.376 e. The van der Waals surface area contributed by atoms with E-state index in [-0.39, 0.29) is 12.5 Å². The van der Waals surface area contributed by atoms with E-state index in [0.29, 0.717) is 6.54 Å². The Kier molecular flexibility index (Phi) is 4.92. The number of halogens is 1. The monoisotopic (exact) mass is 319 g/mol. The van der Waals surface area contributed by atoms with Crippen LogP contribution in [0.5, 0.6) is 0 Å². The summed E-state index contributed by atoms with van der Waals surface area (Å²) in [5, 5.41) is 5.87. The summed E-state index contributed by atoms with van der Waals surface area (Å²) in [4.78, 5) is 15.8. The Bertz CT molecular complexity index is 545. The lowest BCUT2D eigenvalue weighted by molar-refractivity contribution is -0.119. The van der Waals surface area contributed by atoms with Gasteiger partial charge in [0.1, 0.15) is 0 Å². The molecule has 0 aliphatic rings. The van der Waals surface area contributed by atoms with E-state index in [4.69, 9.17) is 0 Å². The third-order valence-corrected chi connectivity index (χ3v) is 2.96. The summed E-state index contributed by atoms with van der Waals surface area (Å²) in [7, 11) is 0. The molecule has 1 heterocycles. The molecule has 2 aromatic rings. The molecule has 0 aliphatic carbocycles. The number of carbonyl (C=O) groups is 1. The van der Waals surface area contributed by atoms with Crippen LogP contribution >= 0.6 is 15.9 Å². The Morgan fingerprint density at radius 1 is 1.21 bits per heavy atom. The van der Waals surface area contributed by atoms with Gasteiger partial charge in [-0.2, -0.15) is 0 Å². The lowest BCUT2D eigenvalue weighted by Gasteiger charge is -2.07. The molecule has 0 aliphatic heterocycles. The fraction of sp³-hybridized carbons (Fsp3) is 0.143. The Morgan fingerprint density at radius 2 is 2.11 bits per heavy atom. The van der Waals surface area contributed by atoms with Gasteiger partial charge in [-0.15, -0.1) is 0 Å². The summed E-state index contributed by atoms with van der Waals surface area (Å²) in [5.74, 6) is -0.0642. The fourth-order valence-corrected chi connectivity index (χ4v) is 1.93. The van der Waals surface area contributed by atoms with Gasteiger partial charge in [0.2, 0.25) is 5.91 Å². The molecule has 1 aromatic heterocycles. The lowest BCUT2D eigenvalue weighted by Crippen LogP contribution is -2.29. The van der Waals surface area contributed by atoms with Crippen molar-refractivity contribution in [3.8, 4) is 0 Å². The highest BCUT2D eigenvalue weighted by molar-refractivity contribution is 9.10. The van der Waals surface area contributed by atoms with Crippen molar-refractivity contribution in [3.05, 3.63) is 58.8 Å². The average Bonchev–Trinajstić information content (AvgIpc) is 2.44. The van der Waals surface area contributed by atoms with Crippen molar-refractivity contribution in [2.24, 2.45) is 0 Å². The number of benzene rings is 1. The lowest BCUT2D eigenvalue weighted by atomic mass is 10.3. The number of aromatic nitrogens is 1. The summed E-state index contributed by atoms with van der Waals surface area (Å²) < 4.78 is 0.978. The second-order valence-corrected chi connectivity index (χ2v) is 4.88. The molecule has 1 amide bonds. The Hall–Kier alpha value is -1.88. The molecule has 1 aromatic carbocycles. The smallest absolute Gasteiger partial charge is 0.239 e. The molecule has 2 rings (SSSR count). The predicted octanol–water partition coefficient (Wildman–Crippen LogP) is 2.57. The Balaban J connectivity index is 1.76. The van der Waals surface area contributed by atoms with E-state index < -0.39 is 0 Å². The standard InChI is InChI=1S/C14H14BrN3O/c15-11-4-3-6-12(8-11)17-10-14(19)18-9-13-5-1-2-7-16-13/h1-8,17H,9-10H2,(H,18,19). The number of hydrogen-bond donors (Lipinski definition) is 2. The molecule has 2 N–H and O–H groups in total. The van der Waals surface area contributed by atoms with Gasteiger partial charge in [0.25, 0.3) is 0 Å². The third-order valence-electron chi connectivity index (χ3n) is 2.47. The molecular weight excluding hydrogens is 306 g/mol. The fourth-order valence-electron chi connectivity index (χ4n) is 1.54. The van der Waals surface area contributed by atoms with Gasteiger partial charge in [0.05, 0.1) is 18.8 Å². The minimum absolute atomic E-state index is 0.0642. The van der Waals surface area contributed by atoms with Gasteiger partial charge in [0.15, 0.2) is 0 Å². The van der Waals surface area contributed by atoms with Gasteiger partial charge >= 0.3 is 0 Å². The van der Waals surface area contributed by atoms with Gasteiger partial charge in [-0.05, 0) is 30.3 Å². The van der Waals surface area contributed by atoms with Crippen molar-refractivity contribution >= 4 is 27.5 Å². The van der Waals surface area contributed by atoms with Crippen LogP contribution in [0.2, 0.25) is 0 Å². The van der Waals surface area contributed by atoms with E-state index in [9.17, 15) is 4.79 Å². The topological polar surface area (TPSA) is 54.0 Å². The van der Waals surface area contributed by atoms with Crippen LogP contribution in [-0.2, 0) is 11.3 Å². The van der Waals surface area contributed by atoms with Gasteiger partial charge < -0.3 is 10.6 Å². The van der Waals surface area contributed by atoms with Crippen LogP contribution in [0.4, 0.5) is 5.69 Å². The maximum Gasteiger partial charge on any atom is 0.239 e. The molecule has 0 spiro atoms. The second-order valence-electron chi connectivity index (χ2n) is 3.96. The molecule has 0 bridgehead atoms. The highest BCUT2D eigenvalue weighted by Crippen LogP contribution is 2.15. The number of hydrogen-bond acceptors (Lipinski definition) is 3. The van der Waals surface area contributed by atoms with E-state index in [0.717, 1.165) is 15.9 Å². The van der Waals surface area contributed by atoms with Crippen LogP contribution in [0.1, 0.15) is 5.69 Å². The van der Waals surface area contributed by atoms with Crippen molar-refractivity contribution in [2.75, 3.05) is 11.9 Å². The molecule has 0 saturated carbocycles. The largest absolute Gasteiger partial charge is 0.376 e. The molecule has 0 unspecified atom stereocenters. The zero-order valence-electron chi connectivity index (χ0n) is 10.3. The number of anilines is 1. The Labute approximate surface area is 120 Å². The first-order chi connectivity index (χ1) is 9.24. The second kappa shape index (κ2) is 6.89. The predicted molar refractivity (Wildman–Crippen MR) is 78.7 cm³/mol. The molecule has 5 heteroatoms. The highest BCUT2D eigenvalue weighted by atomic mass is 79.9. The van der Waals surface area contributed by atoms with Crippen LogP contribution in [-0.4, -0.2) is 17.4 Å². The maximum atomic E-state index is 11.7. The first kappa shape index (κ1) is 13.5. The first-order valence-corrected chi connectivity index (χ1v) is 6.69. The normalized spacial score (nSPS) is 9.95. The van der Waals surface area contributed by atoms with Crippen LogP contribution in [0, 0.1) is 0 Å². The van der Waals surface area contributed by atoms with Crippen LogP contribution in [0.25, 0.3) is 0 Å². The number of carbonyl (C=O) groups excluding carboxylic acids is 1. The molecule has 19 heavy (non-hydrogen) atoms. The third kappa shape index (κ3) is 4.71. The summed E-state index contributed by atoms with van der Waals surface area (Å²) in [6.07, 6.45) is 1.71. The van der Waals surface area contributed by atoms with E-state index in [2.05, 4.69) is 31.5 Å². The van der Waals surface area contributed by atoms with Gasteiger partial charge in [-0.3, -0.25) is 9.78 Å². The maximum absolute atomic E-state index is 11.7. The molecule has 4 nitrogen and oxygen atoms in total. The van der Waals surface area contributed by atoms with E-state index >= 15 is 0 Å². The van der Waals surface area contributed by atoms with Crippen molar-refractivity contribution in [2.45, 2.75) is 6.54 Å². The van der Waals surface area contributed by atoms with Crippen molar-refractivity contribution in [1.82, 2.24) is 10.3 Å². The molecule has 0 atom stereocenters. The minimum atomic E-state index is -0.0642. The molecule has 0 saturated heterocycles. The summed E-state index contributed by atoms with van der Waals surface area (Å²) in [6.45, 7) is 0.684. The van der Waals surface area contributed by atoms with Crippen molar-refractivity contribution in [1.29, 1.82) is 0 Å². The van der Waals surface area contributed by atoms with Gasteiger partial charge in [-0.1, -0.05) is 28.1 Å². The summed E-state index contributed by atoms with van der Waals surface area (Å²) >= 11 is 3.38. The van der Waals surface area contributed by atoms with Gasteiger partial charge in [0, 0.05) is 16.4 Å². The Morgan fingerprint density at radius 3 is 2.84 bits per heavy atom. The number of nitrogens with zero attached hydrogens (tertiary/aromatic N) is 1. The van der Waals surface area contributed by atoms with E-state index in [1.54, 1.807) is 6.20 Å². The number of nitrogens with one attached hydrogen (secondary N) is 2. The summed E-state index contributed by atoms with van der Waals surface area (Å²) in [6, 6.07) is 13.3. The zero-order valence-corrected chi connectivity index (χ0v) is 11.9. The number of rotatable bonds is 5. The van der Waals surface area contributed by atoms with Gasteiger partial charge in [-0.25, -0.2) is 0 Å². The van der Waals surface area contributed by atoms with Crippen molar-refractivity contribution in [3.63, 3.8) is 0 Å². The van der Waals surface area contributed by atoms with Crippen LogP contribution < -0.4 is 10.6 Å². The molecule has 0 fully saturated rings. The number of pyridine rings is 1. The van der Waals surface area contributed by atoms with E-state index in [1.165, 1.54) is 0 Å². The summed E-state index contributed by atoms with van der Waals surface area (Å²) in [5.41, 5.74) is 1.75. The average molecular weight is 320 g/mol. The first-order valence-electron chi connectivity index (χ1n) is 5.90. The van der Waals surface area contributed by atoms with Crippen molar-refractivity contribution < 1.29 is 4.79 Å². The molecule has 0 radical (unpaired) electrons. The van der Waals surface area contributed by atoms with Crippen LogP contribution in [0.15, 0.2) is 53.1 Å². The SMILES string of the molecule is O=C(CNc1cccc(Br)c1)NCc1ccccn1. The molecular formula is C14H14BrN3O. The molecule has 98 valence electrons. The van der Waals surface area contributed by atoms with E-state index in [1.807, 2.05) is 42.5 Å². The number of amides is 1. The highest BCUT2D eigenvalue weighted by Gasteiger charge is 2.01. The van der Waals surface area contributed by atoms with Crippen LogP contribution in [0.3, 0.4) is 0 Å². The quantitative estimate of drug-likeness (QED) is 0.890.